The second-order valence-corrected chi connectivity index (χ2v) is 3.34. The molecule has 0 bridgehead atoms. The van der Waals surface area contributed by atoms with Crippen LogP contribution in [0.3, 0.4) is 0 Å². The highest BCUT2D eigenvalue weighted by Crippen LogP contribution is 2.12. The van der Waals surface area contributed by atoms with E-state index in [-0.39, 0.29) is 5.82 Å². The maximum absolute atomic E-state index is 13.0. The summed E-state index contributed by atoms with van der Waals surface area (Å²) in [6, 6.07) is 4.68. The highest BCUT2D eigenvalue weighted by Gasteiger charge is 1.98. The van der Waals surface area contributed by atoms with Gasteiger partial charge in [0.1, 0.15) is 5.82 Å². The molecule has 0 unspecified atom stereocenters. The van der Waals surface area contributed by atoms with Gasteiger partial charge in [0.15, 0.2) is 0 Å². The summed E-state index contributed by atoms with van der Waals surface area (Å²) in [5.41, 5.74) is 7.40. The average molecular weight is 208 g/mol. The Bertz CT molecular complexity index is 334. The number of halogens is 1. The number of nitrogens with one attached hydrogen (secondary N) is 1. The molecule has 1 rings (SSSR count). The number of nitrogens with two attached hydrogens (primary N) is 1. The van der Waals surface area contributed by atoms with Crippen LogP contribution >= 0.6 is 0 Å². The minimum absolute atomic E-state index is 0.222. The molecule has 15 heavy (non-hydrogen) atoms. The lowest BCUT2D eigenvalue weighted by molar-refractivity contribution is 0.626. The van der Waals surface area contributed by atoms with E-state index in [1.807, 2.05) is 19.2 Å². The molecule has 0 atom stereocenters. The number of hydrogen-bond acceptors (Lipinski definition) is 2. The molecule has 1 aromatic rings. The van der Waals surface area contributed by atoms with Crippen molar-refractivity contribution < 1.29 is 4.39 Å². The van der Waals surface area contributed by atoms with E-state index >= 15 is 0 Å². The second kappa shape index (κ2) is 6.32. The Morgan fingerprint density at radius 1 is 1.47 bits per heavy atom. The Balaban J connectivity index is 2.73. The topological polar surface area (TPSA) is 38.0 Å². The van der Waals surface area contributed by atoms with Crippen molar-refractivity contribution in [3.8, 4) is 0 Å². The Morgan fingerprint density at radius 3 is 2.93 bits per heavy atom. The van der Waals surface area contributed by atoms with Crippen molar-refractivity contribution in [1.29, 1.82) is 0 Å². The van der Waals surface area contributed by atoms with Crippen LogP contribution in [0.25, 0.3) is 6.08 Å². The zero-order valence-electron chi connectivity index (χ0n) is 8.96. The van der Waals surface area contributed by atoms with E-state index in [0.717, 1.165) is 24.1 Å². The standard InChI is InChI=1S/C12H17FN2/c1-15-7-3-2-4-10-8-12(13)6-5-11(10)9-14/h2,4-6,8,15H,3,7,9,14H2,1H3. The maximum atomic E-state index is 13.0. The lowest BCUT2D eigenvalue weighted by Crippen LogP contribution is -2.05. The van der Waals surface area contributed by atoms with E-state index in [4.69, 9.17) is 5.73 Å². The van der Waals surface area contributed by atoms with Crippen molar-refractivity contribution in [1.82, 2.24) is 5.32 Å². The fraction of sp³-hybridized carbons (Fsp3) is 0.333. The molecule has 0 aliphatic carbocycles. The highest BCUT2D eigenvalue weighted by molar-refractivity contribution is 5.53. The lowest BCUT2D eigenvalue weighted by Gasteiger charge is -2.03. The van der Waals surface area contributed by atoms with E-state index in [2.05, 4.69) is 5.32 Å². The van der Waals surface area contributed by atoms with Gasteiger partial charge in [-0.05, 0) is 43.3 Å². The second-order valence-electron chi connectivity index (χ2n) is 3.34. The van der Waals surface area contributed by atoms with Crippen LogP contribution in [0, 0.1) is 5.82 Å². The van der Waals surface area contributed by atoms with E-state index < -0.39 is 0 Å². The van der Waals surface area contributed by atoms with Gasteiger partial charge >= 0.3 is 0 Å². The quantitative estimate of drug-likeness (QED) is 0.725. The Labute approximate surface area is 90.0 Å². The zero-order valence-corrected chi connectivity index (χ0v) is 8.96. The minimum Gasteiger partial charge on any atom is -0.326 e. The molecule has 3 heteroatoms. The molecule has 3 N–H and O–H groups in total. The maximum Gasteiger partial charge on any atom is 0.123 e. The fourth-order valence-corrected chi connectivity index (χ4v) is 1.34. The molecular weight excluding hydrogens is 191 g/mol. The predicted molar refractivity (Wildman–Crippen MR) is 61.9 cm³/mol. The first-order valence-corrected chi connectivity index (χ1v) is 5.07. The molecule has 0 aliphatic rings. The van der Waals surface area contributed by atoms with Crippen LogP contribution in [-0.2, 0) is 6.54 Å². The smallest absolute Gasteiger partial charge is 0.123 e. The monoisotopic (exact) mass is 208 g/mol. The summed E-state index contributed by atoms with van der Waals surface area (Å²) in [5, 5.41) is 3.04. The van der Waals surface area contributed by atoms with Crippen molar-refractivity contribution >= 4 is 6.08 Å². The molecule has 0 radical (unpaired) electrons. The predicted octanol–water partition coefficient (Wildman–Crippen LogP) is 1.91. The molecule has 1 aromatic carbocycles. The Hall–Kier alpha value is -1.19. The SMILES string of the molecule is CNCCC=Cc1cc(F)ccc1CN. The number of rotatable bonds is 5. The molecule has 0 heterocycles. The number of hydrogen-bond donors (Lipinski definition) is 2. The van der Waals surface area contributed by atoms with Gasteiger partial charge in [-0.2, -0.15) is 0 Å². The molecule has 2 nitrogen and oxygen atoms in total. The average Bonchev–Trinajstić information content (AvgIpc) is 2.25. The van der Waals surface area contributed by atoms with Gasteiger partial charge in [0.2, 0.25) is 0 Å². The molecule has 0 fully saturated rings. The van der Waals surface area contributed by atoms with Crippen LogP contribution in [0.1, 0.15) is 17.5 Å². The molecule has 0 amide bonds. The highest BCUT2D eigenvalue weighted by atomic mass is 19.1. The molecular formula is C12H17FN2. The van der Waals surface area contributed by atoms with E-state index in [1.54, 1.807) is 6.07 Å². The fourth-order valence-electron chi connectivity index (χ4n) is 1.34. The normalized spacial score (nSPS) is 11.1. The molecule has 0 saturated heterocycles. The zero-order chi connectivity index (χ0) is 11.1. The molecule has 0 saturated carbocycles. The van der Waals surface area contributed by atoms with Gasteiger partial charge in [-0.3, -0.25) is 0 Å². The number of benzene rings is 1. The van der Waals surface area contributed by atoms with Crippen molar-refractivity contribution in [2.45, 2.75) is 13.0 Å². The molecule has 0 spiro atoms. The summed E-state index contributed by atoms with van der Waals surface area (Å²) >= 11 is 0. The Morgan fingerprint density at radius 2 is 2.27 bits per heavy atom. The first-order chi connectivity index (χ1) is 7.27. The molecule has 82 valence electrons. The first-order valence-electron chi connectivity index (χ1n) is 5.07. The van der Waals surface area contributed by atoms with Gasteiger partial charge < -0.3 is 11.1 Å². The van der Waals surface area contributed by atoms with Crippen LogP contribution in [0.4, 0.5) is 4.39 Å². The summed E-state index contributed by atoms with van der Waals surface area (Å²) in [5.74, 6) is -0.222. The van der Waals surface area contributed by atoms with Crippen LogP contribution in [-0.4, -0.2) is 13.6 Å². The third-order valence-corrected chi connectivity index (χ3v) is 2.19. The Kier molecular flexibility index (Phi) is 5.01. The lowest BCUT2D eigenvalue weighted by atomic mass is 10.1. The third-order valence-electron chi connectivity index (χ3n) is 2.19. The van der Waals surface area contributed by atoms with E-state index in [0.29, 0.717) is 6.54 Å². The van der Waals surface area contributed by atoms with Crippen LogP contribution < -0.4 is 11.1 Å². The van der Waals surface area contributed by atoms with Crippen molar-refractivity contribution in [3.05, 3.63) is 41.2 Å². The van der Waals surface area contributed by atoms with Gasteiger partial charge in [-0.15, -0.1) is 0 Å². The van der Waals surface area contributed by atoms with E-state index in [9.17, 15) is 4.39 Å². The summed E-state index contributed by atoms with van der Waals surface area (Å²) in [7, 11) is 1.90. The summed E-state index contributed by atoms with van der Waals surface area (Å²) in [6.07, 6.45) is 4.87. The van der Waals surface area contributed by atoms with E-state index in [1.165, 1.54) is 12.1 Å². The van der Waals surface area contributed by atoms with Crippen LogP contribution in [0.2, 0.25) is 0 Å². The summed E-state index contributed by atoms with van der Waals surface area (Å²) in [4.78, 5) is 0. The van der Waals surface area contributed by atoms with Gasteiger partial charge in [0, 0.05) is 6.54 Å². The minimum atomic E-state index is -0.222. The van der Waals surface area contributed by atoms with Gasteiger partial charge in [-0.25, -0.2) is 4.39 Å². The van der Waals surface area contributed by atoms with Gasteiger partial charge in [0.05, 0.1) is 0 Å². The van der Waals surface area contributed by atoms with Crippen LogP contribution in [0.5, 0.6) is 0 Å². The van der Waals surface area contributed by atoms with Crippen molar-refractivity contribution in [2.24, 2.45) is 5.73 Å². The summed E-state index contributed by atoms with van der Waals surface area (Å²) < 4.78 is 13.0. The first kappa shape index (κ1) is 11.9. The van der Waals surface area contributed by atoms with Crippen molar-refractivity contribution in [2.75, 3.05) is 13.6 Å². The largest absolute Gasteiger partial charge is 0.326 e. The third kappa shape index (κ3) is 3.81. The van der Waals surface area contributed by atoms with Gasteiger partial charge in [0.25, 0.3) is 0 Å². The van der Waals surface area contributed by atoms with Crippen LogP contribution in [0.15, 0.2) is 24.3 Å². The van der Waals surface area contributed by atoms with Gasteiger partial charge in [-0.1, -0.05) is 18.2 Å². The molecule has 0 aliphatic heterocycles. The summed E-state index contributed by atoms with van der Waals surface area (Å²) in [6.45, 7) is 1.36. The van der Waals surface area contributed by atoms with Crippen molar-refractivity contribution in [3.63, 3.8) is 0 Å². The molecule has 0 aromatic heterocycles.